The minimum Gasteiger partial charge on any atom is -0.493 e. The summed E-state index contributed by atoms with van der Waals surface area (Å²) in [6.45, 7) is 2.39. The minimum atomic E-state index is -0.349. The maximum absolute atomic E-state index is 13.2. The number of thioether (sulfide) groups is 1. The van der Waals surface area contributed by atoms with Gasteiger partial charge in [-0.3, -0.25) is 14.5 Å². The van der Waals surface area contributed by atoms with Crippen molar-refractivity contribution in [3.63, 3.8) is 0 Å². The highest BCUT2D eigenvalue weighted by molar-refractivity contribution is 8.18. The summed E-state index contributed by atoms with van der Waals surface area (Å²) in [7, 11) is 1.53. The van der Waals surface area contributed by atoms with E-state index in [2.05, 4.69) is 0 Å². The van der Waals surface area contributed by atoms with Gasteiger partial charge in [0.05, 0.1) is 18.6 Å². The summed E-state index contributed by atoms with van der Waals surface area (Å²) in [6, 6.07) is 19.1. The molecule has 0 N–H and O–H groups in total. The summed E-state index contributed by atoms with van der Waals surface area (Å²) in [5, 5.41) is -0.316. The number of para-hydroxylation sites is 1. The van der Waals surface area contributed by atoms with Crippen LogP contribution in [0.25, 0.3) is 6.08 Å². The quantitative estimate of drug-likeness (QED) is 0.405. The molecule has 3 aromatic rings. The molecule has 7 heteroatoms. The van der Waals surface area contributed by atoms with Crippen LogP contribution in [0.4, 0.5) is 9.18 Å². The first-order chi connectivity index (χ1) is 15.9. The van der Waals surface area contributed by atoms with Gasteiger partial charge < -0.3 is 9.47 Å². The van der Waals surface area contributed by atoms with E-state index in [9.17, 15) is 14.0 Å². The average molecular weight is 464 g/mol. The number of rotatable bonds is 7. The second-order valence-corrected chi connectivity index (χ2v) is 8.54. The number of aryl methyl sites for hydroxylation is 1. The summed E-state index contributed by atoms with van der Waals surface area (Å²) >= 11 is 0.898. The number of carbonyl (C=O) groups is 2. The van der Waals surface area contributed by atoms with Gasteiger partial charge in [0, 0.05) is 5.56 Å². The van der Waals surface area contributed by atoms with Crippen LogP contribution in [-0.2, 0) is 17.9 Å². The molecule has 0 saturated carbocycles. The molecule has 1 aliphatic rings. The first-order valence-electron chi connectivity index (χ1n) is 10.3. The highest BCUT2D eigenvalue weighted by Gasteiger charge is 2.35. The van der Waals surface area contributed by atoms with Crippen LogP contribution in [0.2, 0.25) is 0 Å². The van der Waals surface area contributed by atoms with E-state index in [4.69, 9.17) is 9.47 Å². The molecule has 1 saturated heterocycles. The Morgan fingerprint density at radius 1 is 0.970 bits per heavy atom. The molecule has 1 fully saturated rings. The smallest absolute Gasteiger partial charge is 0.293 e. The van der Waals surface area contributed by atoms with E-state index >= 15 is 0 Å². The molecule has 5 nitrogen and oxygen atoms in total. The Hall–Kier alpha value is -3.58. The normalized spacial score (nSPS) is 14.8. The second-order valence-electron chi connectivity index (χ2n) is 7.55. The van der Waals surface area contributed by atoms with Gasteiger partial charge in [0.2, 0.25) is 0 Å². The predicted molar refractivity (Wildman–Crippen MR) is 126 cm³/mol. The highest BCUT2D eigenvalue weighted by atomic mass is 32.2. The maximum atomic E-state index is 13.2. The standard InChI is InChI=1S/C26H22FNO4S/c1-17-6-8-18(9-7-17)15-28-25(29)23(33-26(28)30)14-20-4-3-5-22(31-2)24(20)32-16-19-10-12-21(27)13-11-19/h3-14H,15-16H2,1-2H3/b23-14-. The van der Waals surface area contributed by atoms with Crippen LogP contribution >= 0.6 is 11.8 Å². The van der Waals surface area contributed by atoms with Crippen LogP contribution in [0, 0.1) is 12.7 Å². The number of ether oxygens (including phenoxy) is 2. The van der Waals surface area contributed by atoms with Gasteiger partial charge in [-0.2, -0.15) is 0 Å². The average Bonchev–Trinajstić information content (AvgIpc) is 3.07. The number of benzene rings is 3. The van der Waals surface area contributed by atoms with Crippen molar-refractivity contribution in [2.75, 3.05) is 7.11 Å². The fourth-order valence-electron chi connectivity index (χ4n) is 3.35. The summed E-state index contributed by atoms with van der Waals surface area (Å²) in [5.74, 6) is 0.260. The molecule has 0 aliphatic carbocycles. The van der Waals surface area contributed by atoms with Crippen molar-refractivity contribution in [2.45, 2.75) is 20.1 Å². The molecule has 1 heterocycles. The summed E-state index contributed by atoms with van der Waals surface area (Å²) in [4.78, 5) is 27.1. The van der Waals surface area contributed by atoms with Crippen molar-refractivity contribution in [3.8, 4) is 11.5 Å². The van der Waals surface area contributed by atoms with Gasteiger partial charge in [0.25, 0.3) is 11.1 Å². The maximum Gasteiger partial charge on any atom is 0.293 e. The van der Waals surface area contributed by atoms with Crippen molar-refractivity contribution >= 4 is 29.0 Å². The Morgan fingerprint density at radius 2 is 1.67 bits per heavy atom. The van der Waals surface area contributed by atoms with E-state index in [0.717, 1.165) is 28.5 Å². The van der Waals surface area contributed by atoms with Crippen molar-refractivity contribution in [2.24, 2.45) is 0 Å². The zero-order valence-electron chi connectivity index (χ0n) is 18.2. The zero-order valence-corrected chi connectivity index (χ0v) is 19.0. The lowest BCUT2D eigenvalue weighted by atomic mass is 10.1. The summed E-state index contributed by atoms with van der Waals surface area (Å²) < 4.78 is 24.6. The van der Waals surface area contributed by atoms with Gasteiger partial charge in [0.15, 0.2) is 11.5 Å². The first kappa shape index (κ1) is 22.6. The Labute approximate surface area is 195 Å². The fourth-order valence-corrected chi connectivity index (χ4v) is 4.18. The highest BCUT2D eigenvalue weighted by Crippen LogP contribution is 2.38. The topological polar surface area (TPSA) is 55.8 Å². The molecule has 0 aromatic heterocycles. The molecule has 0 radical (unpaired) electrons. The second kappa shape index (κ2) is 9.92. The number of imide groups is 1. The van der Waals surface area contributed by atoms with Gasteiger partial charge >= 0.3 is 0 Å². The molecule has 0 bridgehead atoms. The van der Waals surface area contributed by atoms with Crippen LogP contribution in [0.1, 0.15) is 22.3 Å². The third kappa shape index (κ3) is 5.26. The fraction of sp³-hybridized carbons (Fsp3) is 0.154. The van der Waals surface area contributed by atoms with E-state index < -0.39 is 0 Å². The van der Waals surface area contributed by atoms with Gasteiger partial charge in [-0.1, -0.05) is 54.1 Å². The summed E-state index contributed by atoms with van der Waals surface area (Å²) in [5.41, 5.74) is 3.39. The number of hydrogen-bond acceptors (Lipinski definition) is 5. The Kier molecular flexibility index (Phi) is 6.79. The summed E-state index contributed by atoms with van der Waals surface area (Å²) in [6.07, 6.45) is 1.64. The first-order valence-corrected chi connectivity index (χ1v) is 11.1. The molecular weight excluding hydrogens is 441 g/mol. The lowest BCUT2D eigenvalue weighted by Crippen LogP contribution is -2.27. The molecular formula is C26H22FNO4S. The lowest BCUT2D eigenvalue weighted by Gasteiger charge is -2.14. The monoisotopic (exact) mass is 463 g/mol. The SMILES string of the molecule is COc1cccc(/C=C2\SC(=O)N(Cc3ccc(C)cc3)C2=O)c1OCc1ccc(F)cc1. The molecule has 0 unspecified atom stereocenters. The molecule has 0 spiro atoms. The number of methoxy groups -OCH3 is 1. The molecule has 3 aromatic carbocycles. The number of carbonyl (C=O) groups excluding carboxylic acids is 2. The lowest BCUT2D eigenvalue weighted by molar-refractivity contribution is -0.123. The molecule has 1 aliphatic heterocycles. The largest absolute Gasteiger partial charge is 0.493 e. The van der Waals surface area contributed by atoms with Crippen LogP contribution in [-0.4, -0.2) is 23.2 Å². The molecule has 168 valence electrons. The van der Waals surface area contributed by atoms with Crippen LogP contribution < -0.4 is 9.47 Å². The number of hydrogen-bond donors (Lipinski definition) is 0. The van der Waals surface area contributed by atoms with Gasteiger partial charge in [-0.15, -0.1) is 0 Å². The van der Waals surface area contributed by atoms with Crippen molar-refractivity contribution in [3.05, 3.63) is 99.7 Å². The van der Waals surface area contributed by atoms with Crippen molar-refractivity contribution in [1.29, 1.82) is 0 Å². The van der Waals surface area contributed by atoms with E-state index in [-0.39, 0.29) is 30.1 Å². The Balaban J connectivity index is 1.57. The van der Waals surface area contributed by atoms with Gasteiger partial charge in [0.1, 0.15) is 12.4 Å². The Morgan fingerprint density at radius 3 is 2.36 bits per heavy atom. The molecule has 4 rings (SSSR count). The third-order valence-electron chi connectivity index (χ3n) is 5.15. The van der Waals surface area contributed by atoms with Crippen LogP contribution in [0.3, 0.4) is 0 Å². The minimum absolute atomic E-state index is 0.191. The predicted octanol–water partition coefficient (Wildman–Crippen LogP) is 5.96. The number of amides is 2. The molecule has 0 atom stereocenters. The van der Waals surface area contributed by atoms with E-state index in [0.29, 0.717) is 22.0 Å². The Bertz CT molecular complexity index is 1210. The number of nitrogens with zero attached hydrogens (tertiary/aromatic N) is 1. The van der Waals surface area contributed by atoms with Crippen molar-refractivity contribution in [1.82, 2.24) is 4.90 Å². The third-order valence-corrected chi connectivity index (χ3v) is 6.05. The van der Waals surface area contributed by atoms with Crippen LogP contribution in [0.15, 0.2) is 71.6 Å². The van der Waals surface area contributed by atoms with Crippen molar-refractivity contribution < 1.29 is 23.5 Å². The van der Waals surface area contributed by atoms with E-state index in [1.807, 2.05) is 31.2 Å². The van der Waals surface area contributed by atoms with E-state index in [1.54, 1.807) is 36.4 Å². The van der Waals surface area contributed by atoms with Gasteiger partial charge in [-0.25, -0.2) is 4.39 Å². The molecule has 33 heavy (non-hydrogen) atoms. The zero-order chi connectivity index (χ0) is 23.4. The van der Waals surface area contributed by atoms with Gasteiger partial charge in [-0.05, 0) is 54.1 Å². The van der Waals surface area contributed by atoms with Crippen LogP contribution in [0.5, 0.6) is 11.5 Å². The number of halogens is 1. The molecule has 2 amide bonds. The van der Waals surface area contributed by atoms with E-state index in [1.165, 1.54) is 24.1 Å².